The summed E-state index contributed by atoms with van der Waals surface area (Å²) in [6.07, 6.45) is 0. The molecule has 126 valence electrons. The van der Waals surface area contributed by atoms with Crippen LogP contribution in [0.4, 0.5) is 0 Å². The molecule has 0 heterocycles. The Morgan fingerprint density at radius 1 is 1.17 bits per heavy atom. The van der Waals surface area contributed by atoms with Gasteiger partial charge in [0, 0.05) is 6.54 Å². The largest absolute Gasteiger partial charge is 0.493 e. The lowest BCUT2D eigenvalue weighted by molar-refractivity contribution is -0.146. The lowest BCUT2D eigenvalue weighted by atomic mass is 9.94. The maximum absolute atomic E-state index is 12.1. The molecule has 0 saturated carbocycles. The van der Waals surface area contributed by atoms with Crippen molar-refractivity contribution in [3.05, 3.63) is 29.8 Å². The van der Waals surface area contributed by atoms with Gasteiger partial charge in [-0.2, -0.15) is 0 Å². The summed E-state index contributed by atoms with van der Waals surface area (Å²) >= 11 is 0. The summed E-state index contributed by atoms with van der Waals surface area (Å²) in [5.74, 6) is -1.45. The van der Waals surface area contributed by atoms with Crippen LogP contribution < -0.4 is 15.4 Å². The first-order valence-electron chi connectivity index (χ1n) is 7.28. The quantitative estimate of drug-likeness (QED) is 0.663. The molecule has 0 aliphatic rings. The normalized spacial score (nSPS) is 10.7. The first-order valence-corrected chi connectivity index (χ1v) is 7.28. The van der Waals surface area contributed by atoms with E-state index in [1.54, 1.807) is 24.3 Å². The molecule has 0 fully saturated rings. The number of para-hydroxylation sites is 1. The summed E-state index contributed by atoms with van der Waals surface area (Å²) in [7, 11) is 0. The van der Waals surface area contributed by atoms with Crippen molar-refractivity contribution >= 4 is 17.8 Å². The van der Waals surface area contributed by atoms with Gasteiger partial charge in [-0.3, -0.25) is 14.4 Å². The number of nitrogens with one attached hydrogen (secondary N) is 2. The van der Waals surface area contributed by atoms with Gasteiger partial charge in [0.25, 0.3) is 5.91 Å². The third-order valence-corrected chi connectivity index (χ3v) is 3.15. The smallest absolute Gasteiger partial charge is 0.310 e. The fourth-order valence-corrected chi connectivity index (χ4v) is 1.65. The van der Waals surface area contributed by atoms with E-state index in [4.69, 9.17) is 9.84 Å². The Bertz CT molecular complexity index is 584. The van der Waals surface area contributed by atoms with Crippen LogP contribution in [0.3, 0.4) is 0 Å². The topological polar surface area (TPSA) is 105 Å². The van der Waals surface area contributed by atoms with E-state index in [9.17, 15) is 14.4 Å². The minimum atomic E-state index is -1.07. The molecule has 2 amide bonds. The highest BCUT2D eigenvalue weighted by Gasteiger charge is 2.27. The maximum Gasteiger partial charge on any atom is 0.310 e. The molecule has 3 N–H and O–H groups in total. The Labute approximate surface area is 135 Å². The zero-order valence-electron chi connectivity index (χ0n) is 13.5. The molecule has 7 nitrogen and oxygen atoms in total. The first-order chi connectivity index (χ1) is 10.8. The molecule has 0 bridgehead atoms. The summed E-state index contributed by atoms with van der Waals surface area (Å²) in [5.41, 5.74) is -0.727. The van der Waals surface area contributed by atoms with E-state index in [-0.39, 0.29) is 13.1 Å². The van der Waals surface area contributed by atoms with Crippen LogP contribution in [0.5, 0.6) is 5.75 Å². The minimum Gasteiger partial charge on any atom is -0.493 e. The van der Waals surface area contributed by atoms with Gasteiger partial charge in [-0.25, -0.2) is 0 Å². The number of ether oxygens (including phenoxy) is 1. The van der Waals surface area contributed by atoms with Gasteiger partial charge in [0.1, 0.15) is 5.75 Å². The maximum atomic E-state index is 12.1. The number of hydrogen-bond donors (Lipinski definition) is 3. The molecule has 0 saturated heterocycles. The van der Waals surface area contributed by atoms with Crippen LogP contribution in [-0.2, 0) is 9.59 Å². The van der Waals surface area contributed by atoms with Crippen molar-refractivity contribution in [2.75, 3.05) is 19.7 Å². The fourth-order valence-electron chi connectivity index (χ4n) is 1.65. The van der Waals surface area contributed by atoms with Crippen LogP contribution >= 0.6 is 0 Å². The van der Waals surface area contributed by atoms with E-state index in [1.165, 1.54) is 13.8 Å². The van der Waals surface area contributed by atoms with E-state index >= 15 is 0 Å². The summed E-state index contributed by atoms with van der Waals surface area (Å²) in [6.45, 7) is 4.99. The van der Waals surface area contributed by atoms with E-state index in [0.717, 1.165) is 0 Å². The van der Waals surface area contributed by atoms with Crippen LogP contribution in [0.1, 0.15) is 31.1 Å². The summed E-state index contributed by atoms with van der Waals surface area (Å²) in [6, 6.07) is 6.73. The number of carbonyl (C=O) groups excluding carboxylic acids is 2. The molecular formula is C16H22N2O5. The Balaban J connectivity index is 2.53. The number of amides is 2. The molecule has 7 heteroatoms. The number of rotatable bonds is 8. The van der Waals surface area contributed by atoms with E-state index < -0.39 is 23.2 Å². The van der Waals surface area contributed by atoms with Crippen molar-refractivity contribution in [3.63, 3.8) is 0 Å². The first kappa shape index (κ1) is 18.5. The Morgan fingerprint density at radius 3 is 2.43 bits per heavy atom. The average molecular weight is 322 g/mol. The van der Waals surface area contributed by atoms with Crippen LogP contribution in [0.25, 0.3) is 0 Å². The predicted molar refractivity (Wildman–Crippen MR) is 84.4 cm³/mol. The monoisotopic (exact) mass is 322 g/mol. The number of hydrogen-bond acceptors (Lipinski definition) is 4. The zero-order valence-corrected chi connectivity index (χ0v) is 13.5. The Morgan fingerprint density at radius 2 is 1.83 bits per heavy atom. The van der Waals surface area contributed by atoms with Gasteiger partial charge < -0.3 is 20.5 Å². The molecule has 0 aliphatic carbocycles. The summed E-state index contributed by atoms with van der Waals surface area (Å²) in [5, 5.41) is 13.9. The molecule has 0 radical (unpaired) electrons. The van der Waals surface area contributed by atoms with Gasteiger partial charge in [-0.1, -0.05) is 12.1 Å². The number of aliphatic carboxylic acids is 1. The summed E-state index contributed by atoms with van der Waals surface area (Å²) < 4.78 is 5.36. The van der Waals surface area contributed by atoms with E-state index in [1.807, 2.05) is 6.92 Å². The Hall–Kier alpha value is -2.57. The highest BCUT2D eigenvalue weighted by Crippen LogP contribution is 2.17. The average Bonchev–Trinajstić information content (AvgIpc) is 2.51. The van der Waals surface area contributed by atoms with E-state index in [0.29, 0.717) is 17.9 Å². The molecule has 0 unspecified atom stereocenters. The van der Waals surface area contributed by atoms with Gasteiger partial charge in [-0.15, -0.1) is 0 Å². The molecular weight excluding hydrogens is 300 g/mol. The van der Waals surface area contributed by atoms with Crippen LogP contribution in [0, 0.1) is 5.41 Å². The van der Waals surface area contributed by atoms with Crippen LogP contribution in [0.2, 0.25) is 0 Å². The minimum absolute atomic E-state index is 0.0213. The third kappa shape index (κ3) is 5.61. The van der Waals surface area contributed by atoms with E-state index in [2.05, 4.69) is 10.6 Å². The highest BCUT2D eigenvalue weighted by molar-refractivity contribution is 5.98. The standard InChI is InChI=1S/C16H22N2O5/c1-4-23-12-8-6-5-7-11(12)14(20)17-9-13(19)18-10-16(2,3)15(21)22/h5-8H,4,9-10H2,1-3H3,(H,17,20)(H,18,19)(H,21,22). The third-order valence-electron chi connectivity index (χ3n) is 3.15. The number of carboxylic acids is 1. The van der Waals surface area contributed by atoms with Gasteiger partial charge >= 0.3 is 5.97 Å². The van der Waals surface area contributed by atoms with Gasteiger partial charge in [0.15, 0.2) is 0 Å². The van der Waals surface area contributed by atoms with Gasteiger partial charge in [-0.05, 0) is 32.9 Å². The molecule has 0 spiro atoms. The Kier molecular flexibility index (Phi) is 6.56. The fraction of sp³-hybridized carbons (Fsp3) is 0.438. The second-order valence-corrected chi connectivity index (χ2v) is 5.58. The van der Waals surface area contributed by atoms with Gasteiger partial charge in [0.2, 0.25) is 5.91 Å². The highest BCUT2D eigenvalue weighted by atomic mass is 16.5. The molecule has 1 aromatic carbocycles. The number of benzene rings is 1. The predicted octanol–water partition coefficient (Wildman–Crippen LogP) is 1.04. The molecule has 1 rings (SSSR count). The van der Waals surface area contributed by atoms with Crippen molar-refractivity contribution in [1.82, 2.24) is 10.6 Å². The van der Waals surface area contributed by atoms with Crippen molar-refractivity contribution in [2.45, 2.75) is 20.8 Å². The van der Waals surface area contributed by atoms with Crippen molar-refractivity contribution in [1.29, 1.82) is 0 Å². The molecule has 1 aromatic rings. The van der Waals surface area contributed by atoms with Crippen molar-refractivity contribution in [2.24, 2.45) is 5.41 Å². The number of carbonyl (C=O) groups is 3. The number of carboxylic acid groups (broad SMARTS) is 1. The molecule has 0 aromatic heterocycles. The van der Waals surface area contributed by atoms with Crippen LogP contribution in [0.15, 0.2) is 24.3 Å². The lowest BCUT2D eigenvalue weighted by Gasteiger charge is -2.19. The SMILES string of the molecule is CCOc1ccccc1C(=O)NCC(=O)NCC(C)(C)C(=O)O. The molecule has 0 atom stereocenters. The van der Waals surface area contributed by atoms with Crippen LogP contribution in [-0.4, -0.2) is 42.6 Å². The van der Waals surface area contributed by atoms with Crippen molar-refractivity contribution < 1.29 is 24.2 Å². The summed E-state index contributed by atoms with van der Waals surface area (Å²) in [4.78, 5) is 34.7. The molecule has 0 aliphatic heterocycles. The second-order valence-electron chi connectivity index (χ2n) is 5.58. The zero-order chi connectivity index (χ0) is 17.5. The van der Waals surface area contributed by atoms with Gasteiger partial charge in [0.05, 0.1) is 24.1 Å². The lowest BCUT2D eigenvalue weighted by Crippen LogP contribution is -2.43. The van der Waals surface area contributed by atoms with Crippen molar-refractivity contribution in [3.8, 4) is 5.75 Å². The second kappa shape index (κ2) is 8.17. The molecule has 23 heavy (non-hydrogen) atoms.